The number of methoxy groups -OCH3 is 1. The molecule has 0 bridgehead atoms. The van der Waals surface area contributed by atoms with E-state index in [1.807, 2.05) is 0 Å². The van der Waals surface area contributed by atoms with E-state index in [1.165, 1.54) is 18.2 Å². The largest absolute Gasteiger partial charge is 0.383 e. The maximum atomic E-state index is 12.4. The van der Waals surface area contributed by atoms with Crippen molar-refractivity contribution in [3.63, 3.8) is 0 Å². The first-order valence-electron chi connectivity index (χ1n) is 7.03. The minimum Gasteiger partial charge on any atom is -0.383 e. The molecule has 0 aliphatic carbocycles. The summed E-state index contributed by atoms with van der Waals surface area (Å²) in [5, 5.41) is 12.6. The summed E-state index contributed by atoms with van der Waals surface area (Å²) in [7, 11) is -2.29. The number of benzene rings is 1. The van der Waals surface area contributed by atoms with E-state index in [-0.39, 0.29) is 14.7 Å². The Kier molecular flexibility index (Phi) is 4.99. The fourth-order valence-electron chi connectivity index (χ4n) is 2.20. The molecule has 0 fully saturated rings. The maximum Gasteiger partial charge on any atom is 0.294 e. The van der Waals surface area contributed by atoms with E-state index in [4.69, 9.17) is 4.74 Å². The van der Waals surface area contributed by atoms with Gasteiger partial charge in [-0.05, 0) is 17.5 Å². The van der Waals surface area contributed by atoms with Gasteiger partial charge in [0.15, 0.2) is 0 Å². The summed E-state index contributed by atoms with van der Waals surface area (Å²) >= 11 is 2.18. The second-order valence-corrected chi connectivity index (χ2v) is 8.72. The molecule has 2 aromatic heterocycles. The lowest BCUT2D eigenvalue weighted by Crippen LogP contribution is -2.19. The molecule has 11 heteroatoms. The summed E-state index contributed by atoms with van der Waals surface area (Å²) in [5.74, 6) is 0. The molecule has 25 heavy (non-hydrogen) atoms. The third kappa shape index (κ3) is 3.63. The van der Waals surface area contributed by atoms with Gasteiger partial charge in [-0.1, -0.05) is 17.4 Å². The molecular weight excluding hydrogens is 386 g/mol. The lowest BCUT2D eigenvalue weighted by molar-refractivity contribution is -0.384. The van der Waals surface area contributed by atoms with Gasteiger partial charge in [0.2, 0.25) is 4.80 Å². The van der Waals surface area contributed by atoms with E-state index < -0.39 is 14.9 Å². The first-order valence-corrected chi connectivity index (χ1v) is 10.2. The zero-order valence-corrected chi connectivity index (χ0v) is 15.4. The van der Waals surface area contributed by atoms with E-state index in [0.717, 1.165) is 22.7 Å². The van der Waals surface area contributed by atoms with Gasteiger partial charge in [-0.25, -0.2) is 0 Å². The standard InChI is InChI=1S/C14H13N3O5S3/c1-22-7-6-16-11-5-4-10(17(18)19)9-12(11)24-14(16)15-25(20,21)13-3-2-8-23-13/h2-5,8-9H,6-7H2,1H3. The first-order chi connectivity index (χ1) is 11.9. The number of fused-ring (bicyclic) bond motifs is 1. The van der Waals surface area contributed by atoms with Crippen LogP contribution in [0.15, 0.2) is 44.3 Å². The maximum absolute atomic E-state index is 12.4. The van der Waals surface area contributed by atoms with Crippen LogP contribution in [0.25, 0.3) is 10.2 Å². The van der Waals surface area contributed by atoms with Crippen molar-refractivity contribution in [1.29, 1.82) is 0 Å². The molecule has 0 saturated carbocycles. The molecule has 0 unspecified atom stereocenters. The molecule has 0 N–H and O–H groups in total. The minimum absolute atomic E-state index is 0.0553. The number of sulfonamides is 1. The molecule has 1 aromatic carbocycles. The Labute approximate surface area is 150 Å². The van der Waals surface area contributed by atoms with Crippen molar-refractivity contribution in [3.8, 4) is 0 Å². The molecule has 0 spiro atoms. The molecule has 8 nitrogen and oxygen atoms in total. The molecule has 3 aromatic rings. The lowest BCUT2D eigenvalue weighted by atomic mass is 10.3. The Hall–Kier alpha value is -2.08. The van der Waals surface area contributed by atoms with Gasteiger partial charge < -0.3 is 9.30 Å². The number of aromatic nitrogens is 1. The molecule has 132 valence electrons. The summed E-state index contributed by atoms with van der Waals surface area (Å²) in [6.45, 7) is 0.738. The van der Waals surface area contributed by atoms with Crippen LogP contribution in [0, 0.1) is 10.1 Å². The number of ether oxygens (including phenoxy) is 1. The smallest absolute Gasteiger partial charge is 0.294 e. The van der Waals surface area contributed by atoms with Crippen LogP contribution >= 0.6 is 22.7 Å². The van der Waals surface area contributed by atoms with E-state index in [0.29, 0.717) is 23.4 Å². The number of thiazole rings is 1. The number of nitro groups is 1. The highest BCUT2D eigenvalue weighted by molar-refractivity contribution is 7.92. The Bertz CT molecular complexity index is 1080. The normalized spacial score (nSPS) is 12.8. The summed E-state index contributed by atoms with van der Waals surface area (Å²) in [6, 6.07) is 7.52. The molecule has 0 aliphatic heterocycles. The van der Waals surface area contributed by atoms with Crippen LogP contribution in [0.2, 0.25) is 0 Å². The minimum atomic E-state index is -3.83. The van der Waals surface area contributed by atoms with Crippen LogP contribution in [-0.2, 0) is 21.3 Å². The number of nitro benzene ring substituents is 1. The van der Waals surface area contributed by atoms with Gasteiger partial charge in [-0.15, -0.1) is 15.7 Å². The third-order valence-corrected chi connectivity index (χ3v) is 7.14. The van der Waals surface area contributed by atoms with Gasteiger partial charge in [-0.3, -0.25) is 10.1 Å². The van der Waals surface area contributed by atoms with Crippen LogP contribution in [-0.4, -0.2) is 31.6 Å². The Morgan fingerprint density at radius 2 is 2.16 bits per heavy atom. The Morgan fingerprint density at radius 1 is 1.36 bits per heavy atom. The van der Waals surface area contributed by atoms with Gasteiger partial charge in [0.25, 0.3) is 15.7 Å². The zero-order chi connectivity index (χ0) is 18.0. The zero-order valence-electron chi connectivity index (χ0n) is 13.0. The fourth-order valence-corrected chi connectivity index (χ4v) is 5.46. The van der Waals surface area contributed by atoms with Gasteiger partial charge in [0.1, 0.15) is 4.21 Å². The van der Waals surface area contributed by atoms with Crippen LogP contribution in [0.4, 0.5) is 5.69 Å². The second-order valence-electron chi connectivity index (χ2n) is 4.94. The van der Waals surface area contributed by atoms with Gasteiger partial charge in [0, 0.05) is 25.8 Å². The lowest BCUT2D eigenvalue weighted by Gasteiger charge is -2.04. The fraction of sp³-hybridized carbons (Fsp3) is 0.214. The highest BCUT2D eigenvalue weighted by atomic mass is 32.2. The van der Waals surface area contributed by atoms with Crippen molar-refractivity contribution >= 4 is 48.6 Å². The van der Waals surface area contributed by atoms with Crippen molar-refractivity contribution < 1.29 is 18.1 Å². The van der Waals surface area contributed by atoms with Gasteiger partial charge in [-0.2, -0.15) is 8.42 Å². The number of thiophene rings is 1. The van der Waals surface area contributed by atoms with E-state index in [1.54, 1.807) is 29.2 Å². The Balaban J connectivity index is 2.22. The molecule has 3 rings (SSSR count). The highest BCUT2D eigenvalue weighted by Gasteiger charge is 2.17. The van der Waals surface area contributed by atoms with Crippen molar-refractivity contribution in [2.45, 2.75) is 10.8 Å². The summed E-state index contributed by atoms with van der Waals surface area (Å²) in [4.78, 5) is 10.7. The highest BCUT2D eigenvalue weighted by Crippen LogP contribution is 2.24. The van der Waals surface area contributed by atoms with E-state index >= 15 is 0 Å². The number of nitrogens with zero attached hydrogens (tertiary/aromatic N) is 3. The number of non-ortho nitro benzene ring substituents is 1. The van der Waals surface area contributed by atoms with Crippen molar-refractivity contribution in [3.05, 3.63) is 50.6 Å². The molecule has 0 amide bonds. The molecule has 0 aliphatic rings. The van der Waals surface area contributed by atoms with Crippen molar-refractivity contribution in [2.24, 2.45) is 4.40 Å². The topological polar surface area (TPSA) is 104 Å². The molecule has 0 saturated heterocycles. The quantitative estimate of drug-likeness (QED) is 0.468. The third-order valence-electron chi connectivity index (χ3n) is 3.34. The van der Waals surface area contributed by atoms with E-state index in [9.17, 15) is 18.5 Å². The Morgan fingerprint density at radius 3 is 2.80 bits per heavy atom. The molecule has 2 heterocycles. The van der Waals surface area contributed by atoms with Crippen LogP contribution in [0.1, 0.15) is 0 Å². The average Bonchev–Trinajstić information content (AvgIpc) is 3.20. The summed E-state index contributed by atoms with van der Waals surface area (Å²) in [6.07, 6.45) is 0. The monoisotopic (exact) mass is 399 g/mol. The second kappa shape index (κ2) is 7.04. The van der Waals surface area contributed by atoms with Crippen molar-refractivity contribution in [2.75, 3.05) is 13.7 Å². The molecule has 0 atom stereocenters. The van der Waals surface area contributed by atoms with Gasteiger partial charge in [0.05, 0.1) is 21.7 Å². The van der Waals surface area contributed by atoms with Crippen LogP contribution < -0.4 is 4.80 Å². The molecular formula is C14H13N3O5S3. The predicted molar refractivity (Wildman–Crippen MR) is 95.4 cm³/mol. The number of hydrogen-bond acceptors (Lipinski definition) is 7. The van der Waals surface area contributed by atoms with Gasteiger partial charge >= 0.3 is 0 Å². The predicted octanol–water partition coefficient (Wildman–Crippen LogP) is 2.61. The summed E-state index contributed by atoms with van der Waals surface area (Å²) < 4.78 is 36.3. The van der Waals surface area contributed by atoms with Crippen LogP contribution in [0.5, 0.6) is 0 Å². The number of rotatable bonds is 6. The molecule has 0 radical (unpaired) electrons. The number of hydrogen-bond donors (Lipinski definition) is 0. The van der Waals surface area contributed by atoms with Crippen LogP contribution in [0.3, 0.4) is 0 Å². The average molecular weight is 399 g/mol. The van der Waals surface area contributed by atoms with Crippen molar-refractivity contribution in [1.82, 2.24) is 4.57 Å². The SMILES string of the molecule is COCCn1c(=NS(=O)(=O)c2cccs2)sc2cc([N+](=O)[O-])ccc21. The van der Waals surface area contributed by atoms with E-state index in [2.05, 4.69) is 4.40 Å². The first kappa shape index (κ1) is 17.7. The summed E-state index contributed by atoms with van der Waals surface area (Å²) in [5.41, 5.74) is 0.619.